The summed E-state index contributed by atoms with van der Waals surface area (Å²) in [7, 11) is 0. The van der Waals surface area contributed by atoms with Gasteiger partial charge in [0.05, 0.1) is 11.0 Å². The Bertz CT molecular complexity index is 4010. The normalized spacial score (nSPS) is 11.5. The SMILES string of the molecule is c1ccc(-c2cccc(-c3cccc(-c4ccc5c(c4)c4cc(-c6ccc7sc8c(-c9cccc(-c%10cccc(-c%11ccccc%11)c%10)c9)cccc8c7c6)ccc4n5-c4ccccc4)c3)c2)cc1. The number of fused-ring (bicyclic) bond motifs is 6. The molecule has 0 amide bonds. The number of thiophene rings is 1. The molecule has 2 aromatic heterocycles. The van der Waals surface area contributed by atoms with Crippen LogP contribution in [0.2, 0.25) is 0 Å². The molecule has 2 heterocycles. The molecular formula is C66H43NS. The number of hydrogen-bond acceptors (Lipinski definition) is 1. The summed E-state index contributed by atoms with van der Waals surface area (Å²) < 4.78 is 5.02. The van der Waals surface area contributed by atoms with Crippen LogP contribution >= 0.6 is 11.3 Å². The molecule has 0 unspecified atom stereocenters. The third-order valence-corrected chi connectivity index (χ3v) is 14.8. The number of para-hydroxylation sites is 1. The highest BCUT2D eigenvalue weighted by molar-refractivity contribution is 7.26. The molecule has 0 saturated heterocycles. The molecule has 0 aliphatic rings. The molecule has 68 heavy (non-hydrogen) atoms. The second-order valence-electron chi connectivity index (χ2n) is 17.7. The molecule has 0 saturated carbocycles. The molecule has 1 nitrogen and oxygen atoms in total. The number of benzene rings is 11. The van der Waals surface area contributed by atoms with Crippen molar-refractivity contribution in [1.82, 2.24) is 4.57 Å². The lowest BCUT2D eigenvalue weighted by molar-refractivity contribution is 1.18. The molecule has 318 valence electrons. The fourth-order valence-electron chi connectivity index (χ4n) is 10.2. The van der Waals surface area contributed by atoms with Crippen molar-refractivity contribution < 1.29 is 0 Å². The molecule has 0 spiro atoms. The molecule has 2 heteroatoms. The minimum atomic E-state index is 1.15. The molecule has 13 aromatic rings. The molecule has 0 bridgehead atoms. The van der Waals surface area contributed by atoms with E-state index in [-0.39, 0.29) is 0 Å². The summed E-state index contributed by atoms with van der Waals surface area (Å²) in [5.74, 6) is 0. The minimum Gasteiger partial charge on any atom is -0.309 e. The first-order valence-corrected chi connectivity index (χ1v) is 24.1. The average Bonchev–Trinajstić information content (AvgIpc) is 3.96. The van der Waals surface area contributed by atoms with E-state index in [2.05, 4.69) is 265 Å². The number of nitrogens with zero attached hydrogens (tertiary/aromatic N) is 1. The number of hydrogen-bond donors (Lipinski definition) is 0. The maximum atomic E-state index is 2.41. The smallest absolute Gasteiger partial charge is 0.0541 e. The van der Waals surface area contributed by atoms with E-state index in [1.54, 1.807) is 0 Å². The second-order valence-corrected chi connectivity index (χ2v) is 18.7. The Hall–Kier alpha value is -8.56. The summed E-state index contributed by atoms with van der Waals surface area (Å²) in [5, 5.41) is 5.06. The van der Waals surface area contributed by atoms with Gasteiger partial charge in [-0.1, -0.05) is 188 Å². The highest BCUT2D eigenvalue weighted by Crippen LogP contribution is 2.44. The van der Waals surface area contributed by atoms with Gasteiger partial charge < -0.3 is 4.57 Å². The minimum absolute atomic E-state index is 1.15. The first-order chi connectivity index (χ1) is 33.7. The van der Waals surface area contributed by atoms with Crippen molar-refractivity contribution >= 4 is 53.3 Å². The Morgan fingerprint density at radius 2 is 0.603 bits per heavy atom. The first-order valence-electron chi connectivity index (χ1n) is 23.3. The van der Waals surface area contributed by atoms with Gasteiger partial charge in [-0.3, -0.25) is 0 Å². The highest BCUT2D eigenvalue weighted by atomic mass is 32.1. The van der Waals surface area contributed by atoms with Gasteiger partial charge in [0.15, 0.2) is 0 Å². The third-order valence-electron chi connectivity index (χ3n) is 13.6. The van der Waals surface area contributed by atoms with Crippen LogP contribution in [0.3, 0.4) is 0 Å². The monoisotopic (exact) mass is 881 g/mol. The molecule has 0 aliphatic heterocycles. The molecule has 11 aromatic carbocycles. The zero-order valence-electron chi connectivity index (χ0n) is 37.2. The largest absolute Gasteiger partial charge is 0.309 e. The predicted octanol–water partition coefficient (Wildman–Crippen LogP) is 18.8. The van der Waals surface area contributed by atoms with Crippen molar-refractivity contribution in [3.8, 4) is 83.6 Å². The van der Waals surface area contributed by atoms with Crippen molar-refractivity contribution in [2.24, 2.45) is 0 Å². The van der Waals surface area contributed by atoms with Crippen LogP contribution in [0.5, 0.6) is 0 Å². The fourth-order valence-corrected chi connectivity index (χ4v) is 11.4. The Kier molecular flexibility index (Phi) is 9.77. The maximum Gasteiger partial charge on any atom is 0.0541 e. The first kappa shape index (κ1) is 39.8. The molecule has 0 N–H and O–H groups in total. The summed E-state index contributed by atoms with van der Waals surface area (Å²) in [6.07, 6.45) is 0. The zero-order valence-corrected chi connectivity index (χ0v) is 38.0. The van der Waals surface area contributed by atoms with Crippen molar-refractivity contribution in [3.63, 3.8) is 0 Å². The van der Waals surface area contributed by atoms with Crippen molar-refractivity contribution in [3.05, 3.63) is 261 Å². The van der Waals surface area contributed by atoms with Crippen LogP contribution in [0, 0.1) is 0 Å². The third kappa shape index (κ3) is 7.11. The van der Waals surface area contributed by atoms with Gasteiger partial charge in [0.2, 0.25) is 0 Å². The van der Waals surface area contributed by atoms with Gasteiger partial charge in [0, 0.05) is 36.6 Å². The van der Waals surface area contributed by atoms with Gasteiger partial charge >= 0.3 is 0 Å². The van der Waals surface area contributed by atoms with E-state index in [0.717, 1.165) is 5.69 Å². The van der Waals surface area contributed by atoms with Crippen LogP contribution < -0.4 is 0 Å². The van der Waals surface area contributed by atoms with E-state index in [1.165, 1.54) is 120 Å². The van der Waals surface area contributed by atoms with Gasteiger partial charge in [-0.25, -0.2) is 0 Å². The average molecular weight is 882 g/mol. The molecule has 0 fully saturated rings. The molecule has 0 radical (unpaired) electrons. The van der Waals surface area contributed by atoms with Gasteiger partial charge in [-0.05, 0) is 151 Å². The van der Waals surface area contributed by atoms with Crippen LogP contribution in [0.25, 0.3) is 126 Å². The Labute approximate surface area is 400 Å². The summed E-state index contributed by atoms with van der Waals surface area (Å²) in [6.45, 7) is 0. The molecular weight excluding hydrogens is 839 g/mol. The van der Waals surface area contributed by atoms with Gasteiger partial charge in [0.1, 0.15) is 0 Å². The quantitative estimate of drug-likeness (QED) is 0.143. The van der Waals surface area contributed by atoms with Crippen LogP contribution in [0.15, 0.2) is 261 Å². The van der Waals surface area contributed by atoms with E-state index in [4.69, 9.17) is 0 Å². The summed E-state index contributed by atoms with van der Waals surface area (Å²) >= 11 is 1.89. The molecule has 0 atom stereocenters. The summed E-state index contributed by atoms with van der Waals surface area (Å²) in [5.41, 5.74) is 20.6. The van der Waals surface area contributed by atoms with Crippen LogP contribution in [-0.4, -0.2) is 4.57 Å². The van der Waals surface area contributed by atoms with Gasteiger partial charge in [0.25, 0.3) is 0 Å². The van der Waals surface area contributed by atoms with Crippen molar-refractivity contribution in [2.75, 3.05) is 0 Å². The van der Waals surface area contributed by atoms with Crippen LogP contribution in [-0.2, 0) is 0 Å². The van der Waals surface area contributed by atoms with E-state index in [1.807, 2.05) is 11.3 Å². The fraction of sp³-hybridized carbons (Fsp3) is 0. The lowest BCUT2D eigenvalue weighted by Crippen LogP contribution is -1.93. The number of rotatable bonds is 8. The van der Waals surface area contributed by atoms with Crippen LogP contribution in [0.1, 0.15) is 0 Å². The standard InChI is InChI=1S/C66H43NS/c1-4-15-44(16-5-1)46-19-10-21-48(37-46)50-23-12-24-51(39-50)53-31-34-63-60(41-53)61-42-54(32-35-64(61)67(63)57-27-8-3-9-28-57)55-33-36-65-62(43-55)59-30-14-29-58(66(59)68-65)56-26-13-25-52(40-56)49-22-11-20-47(38-49)45-17-6-2-7-18-45/h1-43H. The van der Waals surface area contributed by atoms with Gasteiger partial charge in [-0.2, -0.15) is 0 Å². The Morgan fingerprint density at radius 3 is 1.10 bits per heavy atom. The van der Waals surface area contributed by atoms with E-state index in [9.17, 15) is 0 Å². The molecule has 0 aliphatic carbocycles. The number of aromatic nitrogens is 1. The highest BCUT2D eigenvalue weighted by Gasteiger charge is 2.17. The predicted molar refractivity (Wildman–Crippen MR) is 292 cm³/mol. The Morgan fingerprint density at radius 1 is 0.235 bits per heavy atom. The van der Waals surface area contributed by atoms with E-state index in [0.29, 0.717) is 0 Å². The Balaban J connectivity index is 0.889. The topological polar surface area (TPSA) is 4.93 Å². The zero-order chi connectivity index (χ0) is 45.0. The lowest BCUT2D eigenvalue weighted by atomic mass is 9.95. The lowest BCUT2D eigenvalue weighted by Gasteiger charge is -2.10. The summed E-state index contributed by atoms with van der Waals surface area (Å²) in [4.78, 5) is 0. The van der Waals surface area contributed by atoms with Crippen LogP contribution in [0.4, 0.5) is 0 Å². The van der Waals surface area contributed by atoms with Crippen molar-refractivity contribution in [2.45, 2.75) is 0 Å². The van der Waals surface area contributed by atoms with E-state index < -0.39 is 0 Å². The second kappa shape index (κ2) is 16.7. The molecule has 13 rings (SSSR count). The van der Waals surface area contributed by atoms with Gasteiger partial charge in [-0.15, -0.1) is 11.3 Å². The summed E-state index contributed by atoms with van der Waals surface area (Å²) in [6, 6.07) is 95.6. The maximum absolute atomic E-state index is 2.41. The van der Waals surface area contributed by atoms with E-state index >= 15 is 0 Å². The van der Waals surface area contributed by atoms with Crippen molar-refractivity contribution in [1.29, 1.82) is 0 Å².